The largest absolute Gasteiger partial charge is 0.350 e. The molecule has 24 heavy (non-hydrogen) atoms. The third-order valence-electron chi connectivity index (χ3n) is 5.81. The Morgan fingerprint density at radius 3 is 2.46 bits per heavy atom. The van der Waals surface area contributed by atoms with Crippen LogP contribution in [0.2, 0.25) is 0 Å². The smallest absolute Gasteiger partial charge is 0.162 e. The molecule has 0 amide bonds. The molecule has 132 valence electrons. The number of hydrogen-bond donors (Lipinski definition) is 1. The molecule has 5 heteroatoms. The maximum Gasteiger partial charge on any atom is 0.162 e. The first-order valence-corrected chi connectivity index (χ1v) is 9.21. The number of benzene rings is 1. The molecule has 3 heterocycles. The second-order valence-corrected chi connectivity index (χ2v) is 7.32. The second-order valence-electron chi connectivity index (χ2n) is 7.32. The maximum atomic E-state index is 13.1. The van der Waals surface area contributed by atoms with E-state index in [0.717, 1.165) is 58.8 Å². The number of nitrogens with one attached hydrogen (secondary N) is 1. The minimum absolute atomic E-state index is 0.0123. The monoisotopic (exact) mass is 334 g/mol. The Morgan fingerprint density at radius 2 is 1.75 bits per heavy atom. The molecule has 0 aliphatic carbocycles. The second kappa shape index (κ2) is 7.48. The molecule has 0 saturated carbocycles. The Hall–Kier alpha value is -1.01. The van der Waals surface area contributed by atoms with Gasteiger partial charge < -0.3 is 19.7 Å². The van der Waals surface area contributed by atoms with Gasteiger partial charge in [-0.05, 0) is 62.0 Å². The number of rotatable bonds is 4. The standard InChI is InChI=1S/C19H27FN2O2/c20-17-3-1-14(2-4-17)15-5-7-22(8-6-15)13-16-11-21-12-18(16)19-23-9-10-24-19/h1-4,15-16,18-19,21H,5-13H2/t16?,18-/m1/s1. The molecule has 0 radical (unpaired) electrons. The number of ether oxygens (including phenoxy) is 2. The average Bonchev–Trinajstić information content (AvgIpc) is 3.27. The van der Waals surface area contributed by atoms with Crippen LogP contribution in [0, 0.1) is 17.7 Å². The van der Waals surface area contributed by atoms with Crippen LogP contribution in [0.5, 0.6) is 0 Å². The van der Waals surface area contributed by atoms with Crippen molar-refractivity contribution in [3.05, 3.63) is 35.6 Å². The van der Waals surface area contributed by atoms with Gasteiger partial charge in [0.1, 0.15) is 5.82 Å². The van der Waals surface area contributed by atoms with Crippen LogP contribution in [0.15, 0.2) is 24.3 Å². The van der Waals surface area contributed by atoms with E-state index in [0.29, 0.717) is 17.8 Å². The summed E-state index contributed by atoms with van der Waals surface area (Å²) < 4.78 is 24.5. The quantitative estimate of drug-likeness (QED) is 0.915. The van der Waals surface area contributed by atoms with Gasteiger partial charge in [-0.25, -0.2) is 4.39 Å². The van der Waals surface area contributed by atoms with Crippen molar-refractivity contribution in [2.24, 2.45) is 11.8 Å². The van der Waals surface area contributed by atoms with Gasteiger partial charge in [-0.3, -0.25) is 0 Å². The summed E-state index contributed by atoms with van der Waals surface area (Å²) in [7, 11) is 0. The zero-order valence-corrected chi connectivity index (χ0v) is 14.1. The lowest BCUT2D eigenvalue weighted by Gasteiger charge is -2.35. The molecule has 0 aromatic heterocycles. The Bertz CT molecular complexity index is 525. The molecule has 2 atom stereocenters. The molecule has 1 aromatic rings. The van der Waals surface area contributed by atoms with Crippen LogP contribution in [-0.2, 0) is 9.47 Å². The van der Waals surface area contributed by atoms with Gasteiger partial charge in [0.2, 0.25) is 0 Å². The van der Waals surface area contributed by atoms with E-state index in [-0.39, 0.29) is 12.1 Å². The zero-order chi connectivity index (χ0) is 16.4. The molecule has 3 fully saturated rings. The van der Waals surface area contributed by atoms with Crippen LogP contribution < -0.4 is 5.32 Å². The molecule has 3 saturated heterocycles. The van der Waals surface area contributed by atoms with Crippen molar-refractivity contribution in [1.29, 1.82) is 0 Å². The lowest BCUT2D eigenvalue weighted by Crippen LogP contribution is -2.40. The molecular formula is C19H27FN2O2. The first kappa shape index (κ1) is 16.5. The molecule has 1 unspecified atom stereocenters. The van der Waals surface area contributed by atoms with Crippen molar-refractivity contribution >= 4 is 0 Å². The van der Waals surface area contributed by atoms with Gasteiger partial charge in [0, 0.05) is 19.0 Å². The normalized spacial score (nSPS) is 30.2. The summed E-state index contributed by atoms with van der Waals surface area (Å²) >= 11 is 0. The fourth-order valence-electron chi connectivity index (χ4n) is 4.41. The van der Waals surface area contributed by atoms with Crippen LogP contribution in [0.25, 0.3) is 0 Å². The van der Waals surface area contributed by atoms with E-state index < -0.39 is 0 Å². The van der Waals surface area contributed by atoms with Crippen LogP contribution in [0.3, 0.4) is 0 Å². The summed E-state index contributed by atoms with van der Waals surface area (Å²) in [6.45, 7) is 6.90. The van der Waals surface area contributed by atoms with Crippen LogP contribution in [0.1, 0.15) is 24.3 Å². The van der Waals surface area contributed by atoms with Gasteiger partial charge in [-0.2, -0.15) is 0 Å². The molecule has 0 bridgehead atoms. The highest BCUT2D eigenvalue weighted by molar-refractivity contribution is 5.21. The lowest BCUT2D eigenvalue weighted by molar-refractivity contribution is -0.0914. The molecule has 1 aromatic carbocycles. The van der Waals surface area contributed by atoms with Crippen molar-refractivity contribution in [2.75, 3.05) is 45.9 Å². The Kier molecular flexibility index (Phi) is 5.13. The summed E-state index contributed by atoms with van der Waals surface area (Å²) in [5.41, 5.74) is 1.28. The number of piperidine rings is 1. The molecule has 3 aliphatic heterocycles. The van der Waals surface area contributed by atoms with Gasteiger partial charge in [-0.15, -0.1) is 0 Å². The van der Waals surface area contributed by atoms with Gasteiger partial charge in [0.25, 0.3) is 0 Å². The van der Waals surface area contributed by atoms with Gasteiger partial charge in [0.05, 0.1) is 13.2 Å². The minimum Gasteiger partial charge on any atom is -0.350 e. The van der Waals surface area contributed by atoms with Gasteiger partial charge in [-0.1, -0.05) is 12.1 Å². The first-order valence-electron chi connectivity index (χ1n) is 9.21. The summed E-state index contributed by atoms with van der Waals surface area (Å²) in [6, 6.07) is 7.05. The fourth-order valence-corrected chi connectivity index (χ4v) is 4.41. The van der Waals surface area contributed by atoms with E-state index in [1.165, 1.54) is 5.56 Å². The lowest BCUT2D eigenvalue weighted by atomic mass is 9.88. The molecule has 4 nitrogen and oxygen atoms in total. The van der Waals surface area contributed by atoms with E-state index in [1.807, 2.05) is 12.1 Å². The SMILES string of the molecule is Fc1ccc(C2CCN(CC3CNC[C@H]3C3OCCO3)CC2)cc1. The average molecular weight is 334 g/mol. The number of likely N-dealkylation sites (tertiary alicyclic amines) is 1. The van der Waals surface area contributed by atoms with Crippen molar-refractivity contribution in [3.8, 4) is 0 Å². The summed E-state index contributed by atoms with van der Waals surface area (Å²) in [4.78, 5) is 2.58. The molecule has 3 aliphatic rings. The highest BCUT2D eigenvalue weighted by Crippen LogP contribution is 2.31. The highest BCUT2D eigenvalue weighted by Gasteiger charge is 2.38. The van der Waals surface area contributed by atoms with Crippen molar-refractivity contribution in [3.63, 3.8) is 0 Å². The third-order valence-corrected chi connectivity index (χ3v) is 5.81. The molecule has 4 rings (SSSR count). The number of hydrogen-bond acceptors (Lipinski definition) is 4. The molecule has 0 spiro atoms. The van der Waals surface area contributed by atoms with Crippen molar-refractivity contribution in [2.45, 2.75) is 25.0 Å². The van der Waals surface area contributed by atoms with E-state index in [4.69, 9.17) is 9.47 Å². The fraction of sp³-hybridized carbons (Fsp3) is 0.684. The summed E-state index contributed by atoms with van der Waals surface area (Å²) in [5, 5.41) is 3.51. The summed E-state index contributed by atoms with van der Waals surface area (Å²) in [5.74, 6) is 1.51. The molecular weight excluding hydrogens is 307 g/mol. The van der Waals surface area contributed by atoms with Crippen LogP contribution in [0.4, 0.5) is 4.39 Å². The predicted molar refractivity (Wildman–Crippen MR) is 90.4 cm³/mol. The minimum atomic E-state index is -0.146. The first-order chi connectivity index (χ1) is 11.8. The topological polar surface area (TPSA) is 33.7 Å². The highest BCUT2D eigenvalue weighted by atomic mass is 19.1. The van der Waals surface area contributed by atoms with E-state index in [1.54, 1.807) is 12.1 Å². The van der Waals surface area contributed by atoms with Gasteiger partial charge in [0.15, 0.2) is 6.29 Å². The van der Waals surface area contributed by atoms with E-state index in [9.17, 15) is 4.39 Å². The Labute approximate surface area is 143 Å². The number of halogens is 1. The predicted octanol–water partition coefficient (Wildman–Crippen LogP) is 2.21. The maximum absolute atomic E-state index is 13.1. The van der Waals surface area contributed by atoms with Gasteiger partial charge >= 0.3 is 0 Å². The van der Waals surface area contributed by atoms with Crippen molar-refractivity contribution in [1.82, 2.24) is 10.2 Å². The third kappa shape index (κ3) is 3.64. The van der Waals surface area contributed by atoms with Crippen LogP contribution >= 0.6 is 0 Å². The number of nitrogens with zero attached hydrogens (tertiary/aromatic N) is 1. The molecule has 1 N–H and O–H groups in total. The van der Waals surface area contributed by atoms with Crippen molar-refractivity contribution < 1.29 is 13.9 Å². The summed E-state index contributed by atoms with van der Waals surface area (Å²) in [6.07, 6.45) is 2.31. The Morgan fingerprint density at radius 1 is 1.04 bits per heavy atom. The van der Waals surface area contributed by atoms with E-state index >= 15 is 0 Å². The Balaban J connectivity index is 1.29. The van der Waals surface area contributed by atoms with Crippen LogP contribution in [-0.4, -0.2) is 57.1 Å². The zero-order valence-electron chi connectivity index (χ0n) is 14.1. The van der Waals surface area contributed by atoms with E-state index in [2.05, 4.69) is 10.2 Å².